The fraction of sp³-hybridized carbons (Fsp3) is 0. The van der Waals surface area contributed by atoms with Gasteiger partial charge in [-0.25, -0.2) is 0 Å². The molecule has 0 radical (unpaired) electrons. The minimum absolute atomic E-state index is 0.0477. The largest absolute Gasteiger partial charge is 0.0629 e. The zero-order valence-electron chi connectivity index (χ0n) is 48.3. The molecule has 0 spiro atoms. The first kappa shape index (κ1) is 37.8. The Balaban J connectivity index is 0.000000153. The molecule has 0 aliphatic carbocycles. The third-order valence-corrected chi connectivity index (χ3v) is 15.0. The van der Waals surface area contributed by atoms with Gasteiger partial charge in [-0.3, -0.25) is 0 Å². The lowest BCUT2D eigenvalue weighted by Gasteiger charge is -2.19. The third-order valence-electron chi connectivity index (χ3n) is 15.0. The quantitative estimate of drug-likeness (QED) is 0.146. The van der Waals surface area contributed by atoms with Crippen molar-refractivity contribution in [3.05, 3.63) is 303 Å². The zero-order chi connectivity index (χ0) is 56.5. The molecular weight excluding hydrogens is 913 g/mol. The lowest BCUT2D eigenvalue weighted by molar-refractivity contribution is 1.62. The molecule has 0 N–H and O–H groups in total. The van der Waals surface area contributed by atoms with Crippen molar-refractivity contribution in [2.24, 2.45) is 0 Å². The summed E-state index contributed by atoms with van der Waals surface area (Å²) < 4.78 is 60.7. The molecule has 0 amide bonds. The summed E-state index contributed by atoms with van der Waals surface area (Å²) in [5.74, 6) is 0. The Hall–Kier alpha value is -9.88. The normalized spacial score (nSPS) is 12.7. The molecule has 0 saturated heterocycles. The van der Waals surface area contributed by atoms with Gasteiger partial charge in [0.15, 0.2) is 0 Å². The highest BCUT2D eigenvalue weighted by molar-refractivity contribution is 6.24. The van der Waals surface area contributed by atoms with Crippen LogP contribution in [0.1, 0.15) is 9.60 Å². The fourth-order valence-electron chi connectivity index (χ4n) is 11.5. The highest BCUT2D eigenvalue weighted by atomic mass is 14.2. The van der Waals surface area contributed by atoms with Gasteiger partial charge in [0.2, 0.25) is 0 Å². The van der Waals surface area contributed by atoms with Crippen LogP contribution in [0.2, 0.25) is 0 Å². The average Bonchev–Trinajstić information content (AvgIpc) is 3.63. The average molecular weight is 970 g/mol. The molecule has 0 saturated carbocycles. The van der Waals surface area contributed by atoms with Crippen LogP contribution in [-0.2, 0) is 0 Å². The molecular formula is C76H50. The lowest BCUT2D eigenvalue weighted by atomic mass is 9.84. The van der Waals surface area contributed by atoms with Crippen LogP contribution in [0.4, 0.5) is 0 Å². The van der Waals surface area contributed by atoms with Crippen molar-refractivity contribution in [3.63, 3.8) is 0 Å². The number of fused-ring (bicyclic) bond motifs is 7. The summed E-state index contributed by atoms with van der Waals surface area (Å²) in [5, 5.41) is 13.5. The van der Waals surface area contributed by atoms with Gasteiger partial charge in [0, 0.05) is 0 Å². The minimum Gasteiger partial charge on any atom is -0.0622 e. The molecule has 15 rings (SSSR count). The van der Waals surface area contributed by atoms with Crippen LogP contribution in [0.15, 0.2) is 303 Å². The Labute approximate surface area is 452 Å². The maximum absolute atomic E-state index is 9.11. The van der Waals surface area contributed by atoms with Crippen molar-refractivity contribution in [1.29, 1.82) is 0 Å². The van der Waals surface area contributed by atoms with Gasteiger partial charge >= 0.3 is 0 Å². The Morgan fingerprint density at radius 3 is 0.934 bits per heavy atom. The number of hydrogen-bond donors (Lipinski definition) is 0. The highest BCUT2D eigenvalue weighted by Crippen LogP contribution is 2.47. The summed E-state index contributed by atoms with van der Waals surface area (Å²) in [6.07, 6.45) is 0. The van der Waals surface area contributed by atoms with Gasteiger partial charge in [0.25, 0.3) is 0 Å². The van der Waals surface area contributed by atoms with Crippen LogP contribution in [-0.4, -0.2) is 0 Å². The van der Waals surface area contributed by atoms with E-state index in [4.69, 9.17) is 9.60 Å². The van der Waals surface area contributed by atoms with Crippen molar-refractivity contribution < 1.29 is 9.60 Å². The van der Waals surface area contributed by atoms with Gasteiger partial charge < -0.3 is 0 Å². The predicted octanol–water partition coefficient (Wildman–Crippen LogP) is 21.4. The highest BCUT2D eigenvalue weighted by Gasteiger charge is 2.19. The first-order valence-electron chi connectivity index (χ1n) is 29.2. The molecule has 0 aliphatic rings. The maximum Gasteiger partial charge on any atom is 0.0629 e. The zero-order valence-corrected chi connectivity index (χ0v) is 41.3. The van der Waals surface area contributed by atoms with Crippen LogP contribution < -0.4 is 0 Å². The van der Waals surface area contributed by atoms with Gasteiger partial charge in [-0.05, 0) is 154 Å². The third kappa shape index (κ3) is 7.96. The van der Waals surface area contributed by atoms with E-state index >= 15 is 0 Å². The molecule has 0 atom stereocenters. The Morgan fingerprint density at radius 2 is 0.500 bits per heavy atom. The van der Waals surface area contributed by atoms with Crippen LogP contribution in [0, 0.1) is 0 Å². The minimum atomic E-state index is -0.462. The van der Waals surface area contributed by atoms with Gasteiger partial charge in [-0.2, -0.15) is 0 Å². The molecule has 0 unspecified atom stereocenters. The van der Waals surface area contributed by atoms with E-state index in [1.54, 1.807) is 0 Å². The van der Waals surface area contributed by atoms with Crippen molar-refractivity contribution in [2.75, 3.05) is 0 Å². The summed E-state index contributed by atoms with van der Waals surface area (Å²) in [6.45, 7) is 0. The van der Waals surface area contributed by atoms with Crippen LogP contribution >= 0.6 is 0 Å². The summed E-state index contributed by atoms with van der Waals surface area (Å²) in [7, 11) is 0. The molecule has 15 aromatic rings. The molecule has 0 aliphatic heterocycles. The second-order valence-electron chi connectivity index (χ2n) is 19.3. The summed E-state index contributed by atoms with van der Waals surface area (Å²) in [5.41, 5.74) is 12.7. The Morgan fingerprint density at radius 1 is 0.184 bits per heavy atom. The molecule has 0 bridgehead atoms. The van der Waals surface area contributed by atoms with Crippen molar-refractivity contribution in [2.45, 2.75) is 0 Å². The van der Waals surface area contributed by atoms with E-state index in [1.165, 1.54) is 76.5 Å². The van der Waals surface area contributed by atoms with Crippen LogP contribution in [0.25, 0.3) is 142 Å². The van der Waals surface area contributed by atoms with Crippen molar-refractivity contribution in [3.8, 4) is 66.8 Å². The second kappa shape index (κ2) is 19.2. The van der Waals surface area contributed by atoms with Crippen molar-refractivity contribution >= 4 is 75.4 Å². The summed E-state index contributed by atoms with van der Waals surface area (Å²) in [4.78, 5) is 0. The molecule has 354 valence electrons. The van der Waals surface area contributed by atoms with E-state index in [0.29, 0.717) is 5.56 Å². The molecule has 76 heavy (non-hydrogen) atoms. The number of hydrogen-bond acceptors (Lipinski definition) is 0. The second-order valence-corrected chi connectivity index (χ2v) is 19.3. The SMILES string of the molecule is [2H]c1c([2H])c([2H])c2c(-c3c4ccccc4c(-c4ccc(-c5ccc6ccccc6c5)cc4)c4ccccc34)c([2H])c([2H])c([2H])c2c1[2H].c1ccc(-c2c3ccccc3c(-c3ccc(-c4ccc5ccccc5c4)cc3)c3ccccc23)cc1. The monoisotopic (exact) mass is 969 g/mol. The number of rotatable bonds is 6. The van der Waals surface area contributed by atoms with E-state index in [-0.39, 0.29) is 46.5 Å². The van der Waals surface area contributed by atoms with E-state index in [1.807, 2.05) is 60.7 Å². The van der Waals surface area contributed by atoms with E-state index < -0.39 is 12.1 Å². The van der Waals surface area contributed by atoms with E-state index in [9.17, 15) is 0 Å². The van der Waals surface area contributed by atoms with Crippen LogP contribution in [0.5, 0.6) is 0 Å². The first-order valence-corrected chi connectivity index (χ1v) is 25.7. The predicted molar refractivity (Wildman–Crippen MR) is 328 cm³/mol. The topological polar surface area (TPSA) is 0 Å². The summed E-state index contributed by atoms with van der Waals surface area (Å²) >= 11 is 0. The van der Waals surface area contributed by atoms with E-state index in [0.717, 1.165) is 43.8 Å². The van der Waals surface area contributed by atoms with Gasteiger partial charge in [0.1, 0.15) is 0 Å². The molecule has 0 aromatic heterocycles. The Kier molecular flexibility index (Phi) is 9.55. The molecule has 0 heterocycles. The smallest absolute Gasteiger partial charge is 0.0622 e. The molecule has 15 aromatic carbocycles. The van der Waals surface area contributed by atoms with Gasteiger partial charge in [-0.1, -0.05) is 291 Å². The molecule has 0 heteroatoms. The number of benzene rings is 15. The maximum atomic E-state index is 9.11. The first-order chi connectivity index (χ1) is 40.6. The van der Waals surface area contributed by atoms with Crippen molar-refractivity contribution in [1.82, 2.24) is 0 Å². The van der Waals surface area contributed by atoms with Gasteiger partial charge in [0.05, 0.1) is 9.60 Å². The van der Waals surface area contributed by atoms with E-state index in [2.05, 4.69) is 200 Å². The lowest BCUT2D eigenvalue weighted by Crippen LogP contribution is -1.91. The summed E-state index contributed by atoms with van der Waals surface area (Å²) in [6, 6.07) is 89.1. The van der Waals surface area contributed by atoms with Crippen LogP contribution in [0.3, 0.4) is 0 Å². The fourth-order valence-corrected chi connectivity index (χ4v) is 11.5. The molecule has 0 fully saturated rings. The standard InChI is InChI=1S/C40H26.C36H24/c1-2-12-31-26-32(25-22-27(31)10-1)28-20-23-30(24-21-28)39-35-15-5-7-17-37(35)40(38-18-8-6-16-36(38)39)34-19-9-13-29-11-3-4-14-33(29)34;1-2-11-27(12-3-1)35-31-14-6-8-16-33(31)36(34-17-9-7-15-32(34)35)28-21-18-26(19-22-28)30-23-20-25-10-4-5-13-29(25)24-30/h1-26H;1-24H/i3D,4D,9D,11D,13D,14D,19D;. The Bertz CT molecular complexity index is 4970. The van der Waals surface area contributed by atoms with Gasteiger partial charge in [-0.15, -0.1) is 0 Å². The molecule has 0 nitrogen and oxygen atoms in total.